The molecule has 0 saturated carbocycles. The molecule has 214 valence electrons. The predicted octanol–water partition coefficient (Wildman–Crippen LogP) is 7.42. The molecule has 0 aliphatic rings. The van der Waals surface area contributed by atoms with Crippen molar-refractivity contribution in [3.63, 3.8) is 0 Å². The number of para-hydroxylation sites is 2. The summed E-state index contributed by atoms with van der Waals surface area (Å²) in [7, 11) is 0. The van der Waals surface area contributed by atoms with Gasteiger partial charge in [0.15, 0.2) is 5.78 Å². The Morgan fingerprint density at radius 3 is 2.28 bits per heavy atom. The normalized spacial score (nSPS) is 11.8. The maximum Gasteiger partial charge on any atom is 0.326 e. The molecule has 0 bridgehead atoms. The van der Waals surface area contributed by atoms with E-state index >= 15 is 0 Å². The van der Waals surface area contributed by atoms with Crippen molar-refractivity contribution in [2.75, 3.05) is 11.9 Å². The summed E-state index contributed by atoms with van der Waals surface area (Å²) in [4.78, 5) is 28.7. The fourth-order valence-electron chi connectivity index (χ4n) is 5.25. The van der Waals surface area contributed by atoms with E-state index in [9.17, 15) is 19.1 Å². The molecule has 1 atom stereocenters. The van der Waals surface area contributed by atoms with E-state index in [-0.39, 0.29) is 12.2 Å². The van der Waals surface area contributed by atoms with Crippen molar-refractivity contribution in [3.8, 4) is 5.75 Å². The number of fused-ring (bicyclic) bond motifs is 3. The molecule has 6 aromatic rings. The van der Waals surface area contributed by atoms with E-state index < -0.39 is 17.8 Å². The Kier molecular flexibility index (Phi) is 7.87. The van der Waals surface area contributed by atoms with Crippen LogP contribution in [0.3, 0.4) is 0 Å². The largest absolute Gasteiger partial charge is 0.493 e. The first-order valence-electron chi connectivity index (χ1n) is 14.0. The number of aliphatic carboxylic acids is 1. The molecule has 0 fully saturated rings. The van der Waals surface area contributed by atoms with Crippen LogP contribution < -0.4 is 10.1 Å². The number of carboxylic acids is 1. The molecule has 7 heteroatoms. The number of rotatable bonds is 11. The van der Waals surface area contributed by atoms with Gasteiger partial charge in [-0.2, -0.15) is 0 Å². The number of nitrogens with one attached hydrogen (secondary N) is 2. The zero-order chi connectivity index (χ0) is 29.8. The van der Waals surface area contributed by atoms with Gasteiger partial charge in [-0.25, -0.2) is 9.18 Å². The van der Waals surface area contributed by atoms with Crippen molar-refractivity contribution in [1.82, 2.24) is 4.98 Å². The van der Waals surface area contributed by atoms with E-state index in [1.807, 2.05) is 36.4 Å². The van der Waals surface area contributed by atoms with Gasteiger partial charge >= 0.3 is 5.97 Å². The molecular weight excluding hydrogens is 543 g/mol. The number of ketones is 1. The van der Waals surface area contributed by atoms with Gasteiger partial charge in [0.2, 0.25) is 0 Å². The minimum atomic E-state index is -1.05. The summed E-state index contributed by atoms with van der Waals surface area (Å²) in [6, 6.07) is 33.1. The summed E-state index contributed by atoms with van der Waals surface area (Å²) < 4.78 is 19.3. The first-order valence-corrected chi connectivity index (χ1v) is 14.0. The van der Waals surface area contributed by atoms with Crippen molar-refractivity contribution in [2.24, 2.45) is 0 Å². The highest BCUT2D eigenvalue weighted by atomic mass is 19.1. The average Bonchev–Trinajstić information content (AvgIpc) is 3.40. The number of carbonyl (C=O) groups is 2. The summed E-state index contributed by atoms with van der Waals surface area (Å²) in [5.41, 5.74) is 5.23. The van der Waals surface area contributed by atoms with Gasteiger partial charge in [-0.15, -0.1) is 0 Å². The Bertz CT molecular complexity index is 1910. The SMILES string of the molecule is O=C(c1ccc(F)cc1)c1ccccc1NC(Cc1ccc(OCCc2ccc3c(c2)[nH]c2ccccc23)cc1)C(=O)O. The summed E-state index contributed by atoms with van der Waals surface area (Å²) in [6.45, 7) is 0.503. The lowest BCUT2D eigenvalue weighted by molar-refractivity contribution is -0.137. The maximum atomic E-state index is 13.3. The number of aromatic nitrogens is 1. The first kappa shape index (κ1) is 27.7. The number of halogens is 1. The van der Waals surface area contributed by atoms with E-state index in [0.29, 0.717) is 29.2 Å². The second-order valence-electron chi connectivity index (χ2n) is 10.4. The topological polar surface area (TPSA) is 91.4 Å². The summed E-state index contributed by atoms with van der Waals surface area (Å²) >= 11 is 0. The van der Waals surface area contributed by atoms with E-state index in [2.05, 4.69) is 40.6 Å². The lowest BCUT2D eigenvalue weighted by Crippen LogP contribution is -2.32. The van der Waals surface area contributed by atoms with Gasteiger partial charge in [0, 0.05) is 51.5 Å². The van der Waals surface area contributed by atoms with Gasteiger partial charge in [-0.05, 0) is 71.8 Å². The molecule has 0 aliphatic carbocycles. The van der Waals surface area contributed by atoms with Crippen LogP contribution in [0.25, 0.3) is 21.8 Å². The highest BCUT2D eigenvalue weighted by Gasteiger charge is 2.21. The number of benzene rings is 5. The van der Waals surface area contributed by atoms with Crippen LogP contribution in [0.15, 0.2) is 115 Å². The number of hydrogen-bond acceptors (Lipinski definition) is 4. The average molecular weight is 573 g/mol. The molecule has 5 aromatic carbocycles. The molecule has 0 amide bonds. The number of ether oxygens (including phenoxy) is 1. The van der Waals surface area contributed by atoms with Crippen LogP contribution in [-0.4, -0.2) is 34.5 Å². The monoisotopic (exact) mass is 572 g/mol. The fourth-order valence-corrected chi connectivity index (χ4v) is 5.25. The van der Waals surface area contributed by atoms with Crippen LogP contribution in [0.5, 0.6) is 5.75 Å². The number of carboxylic acid groups (broad SMARTS) is 1. The Hall–Kier alpha value is -5.43. The molecule has 1 aromatic heterocycles. The third-order valence-electron chi connectivity index (χ3n) is 7.50. The number of carbonyl (C=O) groups excluding carboxylic acids is 1. The van der Waals surface area contributed by atoms with Crippen molar-refractivity contribution < 1.29 is 23.8 Å². The molecule has 0 spiro atoms. The summed E-state index contributed by atoms with van der Waals surface area (Å²) in [5.74, 6) is -1.11. The van der Waals surface area contributed by atoms with Gasteiger partial charge in [-0.1, -0.05) is 54.6 Å². The number of aromatic amines is 1. The lowest BCUT2D eigenvalue weighted by atomic mass is 10.00. The predicted molar refractivity (Wildman–Crippen MR) is 166 cm³/mol. The standard InChI is InChI=1S/C36H29FN2O4/c37-26-14-12-25(13-15-26)35(40)30-6-2-4-8-32(30)39-34(36(41)42)22-23-9-16-27(17-10-23)43-20-19-24-11-18-29-28-5-1-3-7-31(28)38-33(29)21-24/h1-18,21,34,38-39H,19-20,22H2,(H,41,42). The Balaban J connectivity index is 1.08. The van der Waals surface area contributed by atoms with E-state index in [4.69, 9.17) is 4.74 Å². The molecule has 0 radical (unpaired) electrons. The van der Waals surface area contributed by atoms with Crippen LogP contribution in [-0.2, 0) is 17.6 Å². The minimum Gasteiger partial charge on any atom is -0.493 e. The highest BCUT2D eigenvalue weighted by molar-refractivity contribution is 6.12. The number of H-pyrrole nitrogens is 1. The zero-order valence-electron chi connectivity index (χ0n) is 23.2. The van der Waals surface area contributed by atoms with Crippen LogP contribution in [0.4, 0.5) is 10.1 Å². The van der Waals surface area contributed by atoms with Gasteiger partial charge in [-0.3, -0.25) is 4.79 Å². The van der Waals surface area contributed by atoms with E-state index in [1.165, 1.54) is 40.6 Å². The Morgan fingerprint density at radius 1 is 0.791 bits per heavy atom. The minimum absolute atomic E-state index is 0.194. The molecule has 1 unspecified atom stereocenters. The van der Waals surface area contributed by atoms with Crippen LogP contribution in [0, 0.1) is 5.82 Å². The van der Waals surface area contributed by atoms with Crippen molar-refractivity contribution in [1.29, 1.82) is 0 Å². The van der Waals surface area contributed by atoms with Crippen molar-refractivity contribution >= 4 is 39.2 Å². The van der Waals surface area contributed by atoms with E-state index in [0.717, 1.165) is 23.0 Å². The lowest BCUT2D eigenvalue weighted by Gasteiger charge is -2.18. The van der Waals surface area contributed by atoms with Gasteiger partial charge in [0.1, 0.15) is 17.6 Å². The Labute approximate surface area is 247 Å². The van der Waals surface area contributed by atoms with Crippen LogP contribution in [0.2, 0.25) is 0 Å². The molecule has 43 heavy (non-hydrogen) atoms. The van der Waals surface area contributed by atoms with Gasteiger partial charge < -0.3 is 20.1 Å². The molecule has 6 nitrogen and oxygen atoms in total. The van der Waals surface area contributed by atoms with Crippen molar-refractivity contribution in [2.45, 2.75) is 18.9 Å². The Morgan fingerprint density at radius 2 is 1.49 bits per heavy atom. The zero-order valence-corrected chi connectivity index (χ0v) is 23.2. The number of hydrogen-bond donors (Lipinski definition) is 3. The van der Waals surface area contributed by atoms with Gasteiger partial charge in [0.05, 0.1) is 6.61 Å². The maximum absolute atomic E-state index is 13.3. The third-order valence-corrected chi connectivity index (χ3v) is 7.50. The highest BCUT2D eigenvalue weighted by Crippen LogP contribution is 2.26. The molecular formula is C36H29FN2O4. The van der Waals surface area contributed by atoms with Crippen molar-refractivity contribution in [3.05, 3.63) is 143 Å². The van der Waals surface area contributed by atoms with Crippen LogP contribution >= 0.6 is 0 Å². The van der Waals surface area contributed by atoms with Gasteiger partial charge in [0.25, 0.3) is 0 Å². The quantitative estimate of drug-likeness (QED) is 0.141. The first-order chi connectivity index (χ1) is 20.9. The molecule has 1 heterocycles. The second kappa shape index (κ2) is 12.2. The third kappa shape index (κ3) is 6.26. The summed E-state index contributed by atoms with van der Waals surface area (Å²) in [6.07, 6.45) is 0.938. The molecule has 3 N–H and O–H groups in total. The number of anilines is 1. The van der Waals surface area contributed by atoms with Crippen LogP contribution in [0.1, 0.15) is 27.0 Å². The smallest absolute Gasteiger partial charge is 0.326 e. The van der Waals surface area contributed by atoms with E-state index in [1.54, 1.807) is 24.3 Å². The second-order valence-corrected chi connectivity index (χ2v) is 10.4. The fraction of sp³-hybridized carbons (Fsp3) is 0.111. The molecule has 0 saturated heterocycles. The molecule has 6 rings (SSSR count). The summed E-state index contributed by atoms with van der Waals surface area (Å²) in [5, 5.41) is 15.4. The molecule has 0 aliphatic heterocycles.